The highest BCUT2D eigenvalue weighted by molar-refractivity contribution is 8.00. The number of ether oxygens (including phenoxy) is 1. The molecule has 3 N–H and O–H groups in total. The van der Waals surface area contributed by atoms with Crippen LogP contribution in [0, 0.1) is 0 Å². The van der Waals surface area contributed by atoms with Gasteiger partial charge in [0.2, 0.25) is 5.91 Å². The summed E-state index contributed by atoms with van der Waals surface area (Å²) >= 11 is 7.49. The van der Waals surface area contributed by atoms with Crippen LogP contribution in [0.3, 0.4) is 0 Å². The number of nitrogen functional groups attached to an aromatic ring is 1. The average molecular weight is 337 g/mol. The molecule has 0 bridgehead atoms. The van der Waals surface area contributed by atoms with Crippen molar-refractivity contribution in [2.45, 2.75) is 17.1 Å². The van der Waals surface area contributed by atoms with Gasteiger partial charge in [-0.15, -0.1) is 11.8 Å². The number of thioether (sulfide) groups is 1. The second-order valence-corrected chi connectivity index (χ2v) is 6.49. The number of rotatable bonds is 5. The Morgan fingerprint density at radius 2 is 2.09 bits per heavy atom. The minimum absolute atomic E-state index is 0.103. The van der Waals surface area contributed by atoms with E-state index in [-0.39, 0.29) is 11.2 Å². The third-order valence-corrected chi connectivity index (χ3v) is 4.35. The zero-order valence-corrected chi connectivity index (χ0v) is 13.9. The monoisotopic (exact) mass is 336 g/mol. The fourth-order valence-electron chi connectivity index (χ4n) is 1.83. The number of anilines is 2. The maximum absolute atomic E-state index is 12.2. The van der Waals surface area contributed by atoms with Gasteiger partial charge >= 0.3 is 0 Å². The van der Waals surface area contributed by atoms with Gasteiger partial charge in [0.05, 0.1) is 17.4 Å². The second-order valence-electron chi connectivity index (χ2n) is 4.67. The van der Waals surface area contributed by atoms with Crippen LogP contribution < -0.4 is 15.8 Å². The lowest BCUT2D eigenvalue weighted by atomic mass is 10.3. The number of hydrogen-bond donors (Lipinski definition) is 2. The Morgan fingerprint density at radius 1 is 1.32 bits per heavy atom. The van der Waals surface area contributed by atoms with Crippen molar-refractivity contribution in [3.8, 4) is 5.75 Å². The van der Waals surface area contributed by atoms with Gasteiger partial charge in [-0.05, 0) is 43.3 Å². The van der Waals surface area contributed by atoms with Crippen LogP contribution in [0.25, 0.3) is 0 Å². The van der Waals surface area contributed by atoms with Crippen LogP contribution in [-0.2, 0) is 4.79 Å². The van der Waals surface area contributed by atoms with Crippen LogP contribution in [0.4, 0.5) is 11.4 Å². The molecule has 0 aliphatic rings. The van der Waals surface area contributed by atoms with Crippen molar-refractivity contribution in [1.82, 2.24) is 0 Å². The molecule has 2 aromatic carbocycles. The van der Waals surface area contributed by atoms with E-state index in [2.05, 4.69) is 5.32 Å². The van der Waals surface area contributed by atoms with Crippen molar-refractivity contribution >= 4 is 40.6 Å². The average Bonchev–Trinajstić information content (AvgIpc) is 2.47. The smallest absolute Gasteiger partial charge is 0.237 e. The van der Waals surface area contributed by atoms with Gasteiger partial charge in [-0.25, -0.2) is 0 Å². The lowest BCUT2D eigenvalue weighted by Gasteiger charge is -2.13. The largest absolute Gasteiger partial charge is 0.495 e. The molecule has 1 atom stereocenters. The molecule has 0 spiro atoms. The van der Waals surface area contributed by atoms with E-state index in [4.69, 9.17) is 22.1 Å². The molecular formula is C16H17ClN2O2S. The van der Waals surface area contributed by atoms with E-state index >= 15 is 0 Å². The summed E-state index contributed by atoms with van der Waals surface area (Å²) in [6.07, 6.45) is 0. The SMILES string of the molecule is COc1ccc(NC(=O)C(C)Sc2cccc(N)c2)cc1Cl. The lowest BCUT2D eigenvalue weighted by Crippen LogP contribution is -2.22. The molecule has 0 aliphatic carbocycles. The summed E-state index contributed by atoms with van der Waals surface area (Å²) in [6.45, 7) is 1.84. The van der Waals surface area contributed by atoms with Crippen molar-refractivity contribution in [3.05, 3.63) is 47.5 Å². The molecule has 2 aromatic rings. The topological polar surface area (TPSA) is 64.3 Å². The summed E-state index contributed by atoms with van der Waals surface area (Å²) in [7, 11) is 1.55. The van der Waals surface area contributed by atoms with Gasteiger partial charge in [0.1, 0.15) is 5.75 Å². The number of nitrogens with one attached hydrogen (secondary N) is 1. The molecule has 1 amide bonds. The number of methoxy groups -OCH3 is 1. The molecule has 6 heteroatoms. The van der Waals surface area contributed by atoms with Gasteiger partial charge in [-0.2, -0.15) is 0 Å². The van der Waals surface area contributed by atoms with Crippen LogP contribution in [0.15, 0.2) is 47.4 Å². The molecule has 0 radical (unpaired) electrons. The number of nitrogens with two attached hydrogens (primary N) is 1. The van der Waals surface area contributed by atoms with E-state index in [9.17, 15) is 4.79 Å². The fourth-order valence-corrected chi connectivity index (χ4v) is 3.03. The number of carbonyl (C=O) groups excluding carboxylic acids is 1. The van der Waals surface area contributed by atoms with Gasteiger partial charge in [-0.1, -0.05) is 17.7 Å². The lowest BCUT2D eigenvalue weighted by molar-refractivity contribution is -0.115. The fraction of sp³-hybridized carbons (Fsp3) is 0.188. The van der Waals surface area contributed by atoms with Crippen molar-refractivity contribution in [2.75, 3.05) is 18.2 Å². The minimum atomic E-state index is -0.261. The highest BCUT2D eigenvalue weighted by Gasteiger charge is 2.15. The number of hydrogen-bond acceptors (Lipinski definition) is 4. The highest BCUT2D eigenvalue weighted by atomic mass is 35.5. The van der Waals surface area contributed by atoms with Gasteiger partial charge < -0.3 is 15.8 Å². The molecule has 0 aromatic heterocycles. The van der Waals surface area contributed by atoms with Gasteiger partial charge in [0.15, 0.2) is 0 Å². The number of carbonyl (C=O) groups is 1. The third kappa shape index (κ3) is 4.32. The van der Waals surface area contributed by atoms with Gasteiger partial charge in [0.25, 0.3) is 0 Å². The second kappa shape index (κ2) is 7.42. The summed E-state index contributed by atoms with van der Waals surface area (Å²) in [4.78, 5) is 13.2. The molecule has 0 heterocycles. The van der Waals surface area contributed by atoms with E-state index < -0.39 is 0 Å². The Balaban J connectivity index is 2.00. The number of benzene rings is 2. The zero-order chi connectivity index (χ0) is 16.1. The molecule has 4 nitrogen and oxygen atoms in total. The van der Waals surface area contributed by atoms with Crippen molar-refractivity contribution in [2.24, 2.45) is 0 Å². The summed E-state index contributed by atoms with van der Waals surface area (Å²) in [5.41, 5.74) is 7.05. The summed E-state index contributed by atoms with van der Waals surface area (Å²) in [6, 6.07) is 12.6. The molecule has 0 aliphatic heterocycles. The summed E-state index contributed by atoms with van der Waals surface area (Å²) in [5, 5.41) is 3.03. The van der Waals surface area contributed by atoms with E-state index in [1.165, 1.54) is 11.8 Å². The maximum Gasteiger partial charge on any atom is 0.237 e. The Hall–Kier alpha value is -1.85. The number of halogens is 1. The van der Waals surface area contributed by atoms with Crippen LogP contribution in [0.2, 0.25) is 5.02 Å². The van der Waals surface area contributed by atoms with E-state index in [1.807, 2.05) is 31.2 Å². The molecule has 0 saturated carbocycles. The van der Waals surface area contributed by atoms with E-state index in [1.54, 1.807) is 25.3 Å². The minimum Gasteiger partial charge on any atom is -0.495 e. The molecular weight excluding hydrogens is 320 g/mol. The van der Waals surface area contributed by atoms with E-state index in [0.29, 0.717) is 22.1 Å². The van der Waals surface area contributed by atoms with Gasteiger partial charge in [-0.3, -0.25) is 4.79 Å². The van der Waals surface area contributed by atoms with Crippen LogP contribution in [-0.4, -0.2) is 18.3 Å². The maximum atomic E-state index is 12.2. The molecule has 2 rings (SSSR count). The van der Waals surface area contributed by atoms with Crippen molar-refractivity contribution < 1.29 is 9.53 Å². The summed E-state index contributed by atoms with van der Waals surface area (Å²) < 4.78 is 5.08. The molecule has 0 saturated heterocycles. The third-order valence-electron chi connectivity index (χ3n) is 2.96. The standard InChI is InChI=1S/C16H17ClN2O2S/c1-10(22-13-5-3-4-11(18)8-13)16(20)19-12-6-7-15(21-2)14(17)9-12/h3-10H,18H2,1-2H3,(H,19,20). The predicted octanol–water partition coefficient (Wildman–Crippen LogP) is 4.05. The zero-order valence-electron chi connectivity index (χ0n) is 12.3. The normalized spacial score (nSPS) is 11.8. The van der Waals surface area contributed by atoms with Crippen molar-refractivity contribution in [3.63, 3.8) is 0 Å². The van der Waals surface area contributed by atoms with Crippen LogP contribution in [0.1, 0.15) is 6.92 Å². The predicted molar refractivity (Wildman–Crippen MR) is 92.8 cm³/mol. The number of amides is 1. The molecule has 22 heavy (non-hydrogen) atoms. The van der Waals surface area contributed by atoms with Crippen LogP contribution in [0.5, 0.6) is 5.75 Å². The highest BCUT2D eigenvalue weighted by Crippen LogP contribution is 2.29. The van der Waals surface area contributed by atoms with Crippen LogP contribution >= 0.6 is 23.4 Å². The quantitative estimate of drug-likeness (QED) is 0.638. The Labute approximate surface area is 139 Å². The first-order valence-corrected chi connectivity index (χ1v) is 7.92. The Kier molecular flexibility index (Phi) is 5.57. The Bertz CT molecular complexity index is 679. The molecule has 116 valence electrons. The van der Waals surface area contributed by atoms with Gasteiger partial charge in [0, 0.05) is 16.3 Å². The van der Waals surface area contributed by atoms with Crippen molar-refractivity contribution in [1.29, 1.82) is 0 Å². The first-order valence-electron chi connectivity index (χ1n) is 6.66. The Morgan fingerprint density at radius 3 is 2.73 bits per heavy atom. The van der Waals surface area contributed by atoms with E-state index in [0.717, 1.165) is 4.90 Å². The first kappa shape index (κ1) is 16.5. The first-order chi connectivity index (χ1) is 10.5. The summed E-state index contributed by atoms with van der Waals surface area (Å²) in [5.74, 6) is 0.468. The molecule has 1 unspecified atom stereocenters. The molecule has 0 fully saturated rings.